The van der Waals surface area contributed by atoms with E-state index in [9.17, 15) is 0 Å². The first-order chi connectivity index (χ1) is 29.8. The Bertz CT molecular complexity index is 2440. The van der Waals surface area contributed by atoms with Gasteiger partial charge in [0.05, 0.1) is 18.2 Å². The number of carbonyl (C=O) groups excluding carboxylic acids is 1. The highest BCUT2D eigenvalue weighted by Crippen LogP contribution is 2.50. The zero-order valence-corrected chi connectivity index (χ0v) is 40.3. The van der Waals surface area contributed by atoms with Crippen LogP contribution in [0.25, 0.3) is 0 Å². The summed E-state index contributed by atoms with van der Waals surface area (Å²) in [4.78, 5) is 15.0. The third-order valence-electron chi connectivity index (χ3n) is 10.2. The van der Waals surface area contributed by atoms with Crippen molar-refractivity contribution in [3.8, 4) is 40.2 Å². The van der Waals surface area contributed by atoms with Crippen LogP contribution in [0.2, 0.25) is 0 Å². The van der Waals surface area contributed by atoms with E-state index in [0.717, 1.165) is 22.3 Å². The number of hydrogen-bond acceptors (Lipinski definition) is 8. The molecular formula is C53H60O8P2. The van der Waals surface area contributed by atoms with Gasteiger partial charge in [-0.3, -0.25) is 4.79 Å². The van der Waals surface area contributed by atoms with Crippen LogP contribution in [0.1, 0.15) is 120 Å². The highest BCUT2D eigenvalue weighted by molar-refractivity contribution is 7.43. The van der Waals surface area contributed by atoms with Crippen LogP contribution in [0.5, 0.6) is 40.2 Å². The molecular weight excluding hydrogens is 827 g/mol. The van der Waals surface area contributed by atoms with Crippen molar-refractivity contribution < 1.29 is 36.7 Å². The van der Waals surface area contributed by atoms with Crippen molar-refractivity contribution >= 4 is 23.0 Å². The summed E-state index contributed by atoms with van der Waals surface area (Å²) in [6.45, 7) is 23.4. The molecule has 0 heterocycles. The highest BCUT2D eigenvalue weighted by Gasteiger charge is 2.32. The Balaban J connectivity index is 1.41. The molecule has 0 bridgehead atoms. The lowest BCUT2D eigenvalue weighted by Gasteiger charge is -2.27. The number of benzene rings is 6. The topological polar surface area (TPSA) is 81.7 Å². The second-order valence-corrected chi connectivity index (χ2v) is 20.6. The number of ether oxygens (including phenoxy) is 1. The van der Waals surface area contributed by atoms with Gasteiger partial charge < -0.3 is 31.9 Å². The van der Waals surface area contributed by atoms with Crippen LogP contribution in [-0.2, 0) is 16.2 Å². The first-order valence-electron chi connectivity index (χ1n) is 21.2. The van der Waals surface area contributed by atoms with Gasteiger partial charge in [0.2, 0.25) is 5.78 Å². The fourth-order valence-electron chi connectivity index (χ4n) is 6.90. The van der Waals surface area contributed by atoms with E-state index in [1.807, 2.05) is 103 Å². The normalized spacial score (nSPS) is 12.4. The Morgan fingerprint density at radius 1 is 0.429 bits per heavy atom. The van der Waals surface area contributed by atoms with E-state index >= 15 is 4.79 Å². The fourth-order valence-corrected chi connectivity index (χ4v) is 9.04. The molecule has 330 valence electrons. The van der Waals surface area contributed by atoms with Gasteiger partial charge in [0.15, 0.2) is 0 Å². The number of rotatable bonds is 16. The molecule has 0 aliphatic rings. The number of para-hydroxylation sites is 5. The quantitative estimate of drug-likeness (QED) is 0.0702. The summed E-state index contributed by atoms with van der Waals surface area (Å²) in [5.41, 5.74) is 3.73. The molecule has 0 amide bonds. The lowest BCUT2D eigenvalue weighted by atomic mass is 9.86. The van der Waals surface area contributed by atoms with Crippen molar-refractivity contribution in [3.05, 3.63) is 173 Å². The second-order valence-electron chi connectivity index (χ2n) is 18.6. The van der Waals surface area contributed by atoms with Gasteiger partial charge in [-0.15, -0.1) is 0 Å². The monoisotopic (exact) mass is 886 g/mol. The first-order valence-corrected chi connectivity index (χ1v) is 23.4. The Kier molecular flexibility index (Phi) is 14.8. The van der Waals surface area contributed by atoms with Crippen LogP contribution < -0.4 is 31.9 Å². The van der Waals surface area contributed by atoms with Crippen molar-refractivity contribution in [1.82, 2.24) is 0 Å². The van der Waals surface area contributed by atoms with Gasteiger partial charge in [-0.1, -0.05) is 161 Å². The molecule has 0 aliphatic heterocycles. The average Bonchev–Trinajstić information content (AvgIpc) is 3.23. The summed E-state index contributed by atoms with van der Waals surface area (Å²) < 4.78 is 45.9. The molecule has 1 atom stereocenters. The maximum absolute atomic E-state index is 15.0. The van der Waals surface area contributed by atoms with E-state index in [4.69, 9.17) is 31.9 Å². The van der Waals surface area contributed by atoms with Crippen molar-refractivity contribution in [2.45, 2.75) is 98.3 Å². The number of hydrogen-bond donors (Lipinski definition) is 0. The lowest BCUT2D eigenvalue weighted by Crippen LogP contribution is -2.16. The minimum Gasteiger partial charge on any atom is -0.497 e. The minimum absolute atomic E-state index is 0.171. The summed E-state index contributed by atoms with van der Waals surface area (Å²) in [7, 11) is -2.81. The van der Waals surface area contributed by atoms with Gasteiger partial charge in [0.25, 0.3) is 0 Å². The molecule has 0 N–H and O–H groups in total. The summed E-state index contributed by atoms with van der Waals surface area (Å²) in [6.07, 6.45) is 0. The molecule has 0 aromatic heterocycles. The average molecular weight is 887 g/mol. The van der Waals surface area contributed by atoms with Crippen LogP contribution in [0.15, 0.2) is 140 Å². The molecule has 0 fully saturated rings. The fraction of sp³-hybridized carbons (Fsp3) is 0.302. The van der Waals surface area contributed by atoms with Crippen LogP contribution in [0, 0.1) is 0 Å². The lowest BCUT2D eigenvalue weighted by molar-refractivity contribution is 0.103. The Hall–Kier alpha value is -5.55. The first kappa shape index (κ1) is 46.9. The molecule has 63 heavy (non-hydrogen) atoms. The molecule has 6 rings (SSSR count). The summed E-state index contributed by atoms with van der Waals surface area (Å²) in [6, 6.07) is 43.6. The van der Waals surface area contributed by atoms with Gasteiger partial charge in [-0.05, 0) is 76.3 Å². The standard InChI is InChI=1S/C53H60O8P2/c1-36(2)38-23-13-18-28-44(38)56-62(58-46-30-20-15-25-41(46)51(3,4)5)57-45-29-19-14-24-39(45)50(54)40-34-33-37(55-12)35-49(40)61-63(59-47-31-21-16-26-42(47)52(6,7)8)60-48-32-22-17-27-43(48)53(9,10)11/h13-36H,1-12H3. The van der Waals surface area contributed by atoms with E-state index in [0.29, 0.717) is 28.7 Å². The third kappa shape index (κ3) is 11.9. The molecule has 0 saturated heterocycles. The predicted molar refractivity (Wildman–Crippen MR) is 256 cm³/mol. The predicted octanol–water partition coefficient (Wildman–Crippen LogP) is 15.5. The van der Waals surface area contributed by atoms with Gasteiger partial charge in [0.1, 0.15) is 40.2 Å². The van der Waals surface area contributed by atoms with E-state index in [-0.39, 0.29) is 50.6 Å². The molecule has 8 nitrogen and oxygen atoms in total. The van der Waals surface area contributed by atoms with Crippen molar-refractivity contribution in [2.75, 3.05) is 7.11 Å². The minimum atomic E-state index is -2.22. The van der Waals surface area contributed by atoms with E-state index < -0.39 is 17.2 Å². The van der Waals surface area contributed by atoms with Crippen LogP contribution >= 0.6 is 17.2 Å². The molecule has 1 unspecified atom stereocenters. The Labute approximate surface area is 376 Å². The Morgan fingerprint density at radius 2 is 0.778 bits per heavy atom. The zero-order chi connectivity index (χ0) is 45.5. The number of carbonyl (C=O) groups is 1. The maximum atomic E-state index is 15.0. The van der Waals surface area contributed by atoms with Gasteiger partial charge >= 0.3 is 17.2 Å². The van der Waals surface area contributed by atoms with Gasteiger partial charge in [0, 0.05) is 22.8 Å². The molecule has 0 saturated carbocycles. The Morgan fingerprint density at radius 3 is 1.22 bits per heavy atom. The summed E-state index contributed by atoms with van der Waals surface area (Å²) in [5.74, 6) is 3.26. The molecule has 0 radical (unpaired) electrons. The van der Waals surface area contributed by atoms with E-state index in [1.54, 1.807) is 43.5 Å². The number of methoxy groups -OCH3 is 1. The number of ketones is 1. The zero-order valence-electron chi connectivity index (χ0n) is 38.5. The van der Waals surface area contributed by atoms with Crippen LogP contribution in [-0.4, -0.2) is 12.9 Å². The largest absolute Gasteiger partial charge is 0.530 e. The molecule has 0 spiro atoms. The maximum Gasteiger partial charge on any atom is 0.530 e. The van der Waals surface area contributed by atoms with Crippen molar-refractivity contribution in [1.29, 1.82) is 0 Å². The van der Waals surface area contributed by atoms with E-state index in [2.05, 4.69) is 76.2 Å². The summed E-state index contributed by atoms with van der Waals surface area (Å²) in [5, 5.41) is 0. The van der Waals surface area contributed by atoms with Gasteiger partial charge in [-0.25, -0.2) is 0 Å². The molecule has 0 aliphatic carbocycles. The highest BCUT2D eigenvalue weighted by atomic mass is 31.2. The third-order valence-corrected chi connectivity index (χ3v) is 12.3. The van der Waals surface area contributed by atoms with E-state index in [1.165, 1.54) is 0 Å². The molecule has 10 heteroatoms. The molecule has 6 aromatic rings. The van der Waals surface area contributed by atoms with Gasteiger partial charge in [-0.2, -0.15) is 0 Å². The van der Waals surface area contributed by atoms with Crippen molar-refractivity contribution in [2.24, 2.45) is 0 Å². The SMILES string of the molecule is COc1ccc(C(=O)c2ccccc2OP(Oc2ccccc2C(C)C)Oc2ccccc2C(C)(C)C)c(OP(Oc2ccccc2C(C)(C)C)Oc2ccccc2C(C)(C)C)c1. The molecule has 6 aromatic carbocycles. The van der Waals surface area contributed by atoms with Crippen LogP contribution in [0.4, 0.5) is 0 Å². The second kappa shape index (κ2) is 19.9. The summed E-state index contributed by atoms with van der Waals surface area (Å²) >= 11 is 0. The van der Waals surface area contributed by atoms with Crippen molar-refractivity contribution in [3.63, 3.8) is 0 Å². The van der Waals surface area contributed by atoms with Crippen LogP contribution in [0.3, 0.4) is 0 Å². The smallest absolute Gasteiger partial charge is 0.497 e.